The van der Waals surface area contributed by atoms with Crippen molar-refractivity contribution in [3.63, 3.8) is 0 Å². The summed E-state index contributed by atoms with van der Waals surface area (Å²) >= 11 is 0. The smallest absolute Gasteiger partial charge is 0.110 e. The molecule has 0 saturated heterocycles. The Hall–Kier alpha value is -1.55. The Labute approximate surface area is 75.8 Å². The van der Waals surface area contributed by atoms with Crippen LogP contribution in [-0.4, -0.2) is 21.5 Å². The molecule has 4 heteroatoms. The van der Waals surface area contributed by atoms with E-state index < -0.39 is 0 Å². The van der Waals surface area contributed by atoms with Crippen LogP contribution in [0, 0.1) is 0 Å². The van der Waals surface area contributed by atoms with Gasteiger partial charge in [-0.25, -0.2) is 0 Å². The van der Waals surface area contributed by atoms with Crippen molar-refractivity contribution >= 4 is 11.0 Å². The van der Waals surface area contributed by atoms with Crippen molar-refractivity contribution in [3.8, 4) is 0 Å². The number of rotatable bonds is 2. The van der Waals surface area contributed by atoms with Crippen LogP contribution in [0.4, 0.5) is 0 Å². The molecule has 0 aromatic carbocycles. The standard InChI is InChI=1S/C9H10N4/c10-3-1-7-9-8(2-4-11-7)12-5-6-13-9/h2,4-6H,1,3,10H2. The third kappa shape index (κ3) is 1.48. The van der Waals surface area contributed by atoms with Gasteiger partial charge in [0.1, 0.15) is 5.52 Å². The van der Waals surface area contributed by atoms with Gasteiger partial charge in [-0.2, -0.15) is 0 Å². The van der Waals surface area contributed by atoms with E-state index in [1.54, 1.807) is 18.6 Å². The number of hydrogen-bond donors (Lipinski definition) is 1. The Morgan fingerprint density at radius 2 is 1.92 bits per heavy atom. The lowest BCUT2D eigenvalue weighted by Gasteiger charge is -2.00. The molecule has 2 heterocycles. The molecule has 0 amide bonds. The van der Waals surface area contributed by atoms with Crippen LogP contribution in [0.1, 0.15) is 5.69 Å². The lowest BCUT2D eigenvalue weighted by atomic mass is 10.2. The van der Waals surface area contributed by atoms with E-state index in [1.807, 2.05) is 6.07 Å². The molecule has 13 heavy (non-hydrogen) atoms. The molecule has 0 fully saturated rings. The molecule has 2 N–H and O–H groups in total. The summed E-state index contributed by atoms with van der Waals surface area (Å²) in [6.45, 7) is 0.586. The highest BCUT2D eigenvalue weighted by Crippen LogP contribution is 2.10. The summed E-state index contributed by atoms with van der Waals surface area (Å²) in [6.07, 6.45) is 5.83. The molecule has 0 aliphatic heterocycles. The van der Waals surface area contributed by atoms with Gasteiger partial charge in [0.15, 0.2) is 0 Å². The number of nitrogens with zero attached hydrogens (tertiary/aromatic N) is 3. The fraction of sp³-hybridized carbons (Fsp3) is 0.222. The molecule has 0 saturated carbocycles. The van der Waals surface area contributed by atoms with E-state index in [-0.39, 0.29) is 0 Å². The van der Waals surface area contributed by atoms with Crippen LogP contribution in [0.2, 0.25) is 0 Å². The summed E-state index contributed by atoms with van der Waals surface area (Å²) < 4.78 is 0. The van der Waals surface area contributed by atoms with E-state index in [1.165, 1.54) is 0 Å². The second kappa shape index (κ2) is 3.45. The maximum absolute atomic E-state index is 5.46. The maximum Gasteiger partial charge on any atom is 0.110 e. The quantitative estimate of drug-likeness (QED) is 0.721. The Balaban J connectivity index is 2.61. The Morgan fingerprint density at radius 3 is 2.77 bits per heavy atom. The topological polar surface area (TPSA) is 64.7 Å². The minimum absolute atomic E-state index is 0.586. The van der Waals surface area contributed by atoms with Crippen molar-refractivity contribution in [1.29, 1.82) is 0 Å². The van der Waals surface area contributed by atoms with Crippen molar-refractivity contribution in [2.24, 2.45) is 5.73 Å². The second-order valence-corrected chi connectivity index (χ2v) is 2.72. The zero-order valence-corrected chi connectivity index (χ0v) is 7.14. The summed E-state index contributed by atoms with van der Waals surface area (Å²) in [4.78, 5) is 12.6. The molecular formula is C9H10N4. The van der Waals surface area contributed by atoms with Crippen LogP contribution in [-0.2, 0) is 6.42 Å². The molecule has 4 nitrogen and oxygen atoms in total. The third-order valence-electron chi connectivity index (χ3n) is 1.84. The molecule has 0 unspecified atom stereocenters. The summed E-state index contributed by atoms with van der Waals surface area (Å²) in [5, 5.41) is 0. The van der Waals surface area contributed by atoms with E-state index in [9.17, 15) is 0 Å². The summed E-state index contributed by atoms with van der Waals surface area (Å²) in [5.41, 5.74) is 8.12. The number of nitrogens with two attached hydrogens (primary N) is 1. The first kappa shape index (κ1) is 8.07. The molecule has 66 valence electrons. The predicted octanol–water partition coefficient (Wildman–Crippen LogP) is 0.526. The van der Waals surface area contributed by atoms with Gasteiger partial charge in [-0.05, 0) is 12.6 Å². The van der Waals surface area contributed by atoms with Crippen molar-refractivity contribution < 1.29 is 0 Å². The Bertz CT molecular complexity index is 408. The van der Waals surface area contributed by atoms with Crippen molar-refractivity contribution in [2.45, 2.75) is 6.42 Å². The van der Waals surface area contributed by atoms with E-state index >= 15 is 0 Å². The van der Waals surface area contributed by atoms with Crippen molar-refractivity contribution in [2.75, 3.05) is 6.54 Å². The highest BCUT2D eigenvalue weighted by atomic mass is 14.8. The van der Waals surface area contributed by atoms with Crippen LogP contribution >= 0.6 is 0 Å². The number of fused-ring (bicyclic) bond motifs is 1. The van der Waals surface area contributed by atoms with Gasteiger partial charge in [0, 0.05) is 25.0 Å². The van der Waals surface area contributed by atoms with Gasteiger partial charge in [0.25, 0.3) is 0 Å². The largest absolute Gasteiger partial charge is 0.330 e. The lowest BCUT2D eigenvalue weighted by Crippen LogP contribution is -2.05. The predicted molar refractivity (Wildman–Crippen MR) is 50.1 cm³/mol. The van der Waals surface area contributed by atoms with Crippen LogP contribution in [0.3, 0.4) is 0 Å². The molecule has 0 bridgehead atoms. The maximum atomic E-state index is 5.46. The highest BCUT2D eigenvalue weighted by Gasteiger charge is 2.01. The number of aromatic nitrogens is 3. The van der Waals surface area contributed by atoms with Gasteiger partial charge < -0.3 is 5.73 Å². The fourth-order valence-electron chi connectivity index (χ4n) is 1.27. The van der Waals surface area contributed by atoms with Crippen LogP contribution in [0.25, 0.3) is 11.0 Å². The Morgan fingerprint density at radius 1 is 1.08 bits per heavy atom. The summed E-state index contributed by atoms with van der Waals surface area (Å²) in [5.74, 6) is 0. The van der Waals surface area contributed by atoms with E-state index in [0.717, 1.165) is 23.1 Å². The van der Waals surface area contributed by atoms with Crippen LogP contribution in [0.15, 0.2) is 24.7 Å². The van der Waals surface area contributed by atoms with Gasteiger partial charge in [-0.1, -0.05) is 0 Å². The van der Waals surface area contributed by atoms with E-state index in [0.29, 0.717) is 6.54 Å². The second-order valence-electron chi connectivity index (χ2n) is 2.72. The highest BCUT2D eigenvalue weighted by molar-refractivity contribution is 5.75. The molecule has 0 aliphatic carbocycles. The van der Waals surface area contributed by atoms with E-state index in [4.69, 9.17) is 5.73 Å². The monoisotopic (exact) mass is 174 g/mol. The average molecular weight is 174 g/mol. The van der Waals surface area contributed by atoms with E-state index in [2.05, 4.69) is 15.0 Å². The fourth-order valence-corrected chi connectivity index (χ4v) is 1.27. The molecule has 0 spiro atoms. The minimum Gasteiger partial charge on any atom is -0.330 e. The van der Waals surface area contributed by atoms with Gasteiger partial charge in [-0.15, -0.1) is 0 Å². The first-order valence-electron chi connectivity index (χ1n) is 4.16. The first-order chi connectivity index (χ1) is 6.42. The zero-order valence-electron chi connectivity index (χ0n) is 7.14. The first-order valence-corrected chi connectivity index (χ1v) is 4.16. The molecule has 2 aromatic rings. The molecule has 2 aromatic heterocycles. The van der Waals surface area contributed by atoms with Gasteiger partial charge in [-0.3, -0.25) is 15.0 Å². The van der Waals surface area contributed by atoms with Crippen molar-refractivity contribution in [3.05, 3.63) is 30.4 Å². The average Bonchev–Trinajstić information content (AvgIpc) is 2.19. The Kier molecular flexibility index (Phi) is 2.14. The summed E-state index contributed by atoms with van der Waals surface area (Å²) in [6, 6.07) is 1.85. The van der Waals surface area contributed by atoms with Crippen molar-refractivity contribution in [1.82, 2.24) is 15.0 Å². The summed E-state index contributed by atoms with van der Waals surface area (Å²) in [7, 11) is 0. The molecule has 0 aliphatic rings. The molecule has 0 atom stereocenters. The molecular weight excluding hydrogens is 164 g/mol. The van der Waals surface area contributed by atoms with Gasteiger partial charge in [0.2, 0.25) is 0 Å². The number of pyridine rings is 1. The SMILES string of the molecule is NCCc1nccc2nccnc12. The third-order valence-corrected chi connectivity index (χ3v) is 1.84. The number of hydrogen-bond acceptors (Lipinski definition) is 4. The van der Waals surface area contributed by atoms with Gasteiger partial charge >= 0.3 is 0 Å². The zero-order chi connectivity index (χ0) is 9.10. The minimum atomic E-state index is 0.586. The normalized spacial score (nSPS) is 10.5. The molecule has 2 rings (SSSR count). The van der Waals surface area contributed by atoms with Crippen LogP contribution in [0.5, 0.6) is 0 Å². The lowest BCUT2D eigenvalue weighted by molar-refractivity contribution is 0.928. The van der Waals surface area contributed by atoms with Gasteiger partial charge in [0.05, 0.1) is 11.2 Å². The molecule has 0 radical (unpaired) electrons. The van der Waals surface area contributed by atoms with Crippen LogP contribution < -0.4 is 5.73 Å².